The molecule has 5 nitrogen and oxygen atoms in total. The number of carbonyl (C=O) groups excluding carboxylic acids is 1. The molecule has 0 aliphatic rings. The van der Waals surface area contributed by atoms with Crippen molar-refractivity contribution in [3.63, 3.8) is 0 Å². The zero-order chi connectivity index (χ0) is 17.6. The zero-order valence-electron chi connectivity index (χ0n) is 13.8. The first kappa shape index (κ1) is 18.5. The number of ether oxygens (including phenoxy) is 1. The third-order valence-electron chi connectivity index (χ3n) is 3.79. The summed E-state index contributed by atoms with van der Waals surface area (Å²) in [5, 5.41) is 11.1. The SMILES string of the molecule is C=CC(=O)OC(CNC(=O)O)C(C)(C)c1ccc(C(=C)C)cc1. The number of hydrogen-bond donors (Lipinski definition) is 2. The number of carboxylic acid groups (broad SMARTS) is 1. The minimum absolute atomic E-state index is 0.00977. The summed E-state index contributed by atoms with van der Waals surface area (Å²) in [4.78, 5) is 22.3. The van der Waals surface area contributed by atoms with Crippen LogP contribution >= 0.6 is 0 Å². The summed E-state index contributed by atoms with van der Waals surface area (Å²) < 4.78 is 5.35. The molecular formula is C18H23NO4. The smallest absolute Gasteiger partial charge is 0.404 e. The molecule has 0 heterocycles. The number of amides is 1. The fourth-order valence-electron chi connectivity index (χ4n) is 2.18. The molecule has 0 aliphatic heterocycles. The van der Waals surface area contributed by atoms with Crippen LogP contribution in [0.4, 0.5) is 4.79 Å². The van der Waals surface area contributed by atoms with Crippen LogP contribution in [0.3, 0.4) is 0 Å². The molecule has 0 spiro atoms. The predicted molar refractivity (Wildman–Crippen MR) is 90.3 cm³/mol. The van der Waals surface area contributed by atoms with Gasteiger partial charge in [0.1, 0.15) is 6.10 Å². The average molecular weight is 317 g/mol. The maximum atomic E-state index is 11.6. The van der Waals surface area contributed by atoms with Crippen molar-refractivity contribution in [2.75, 3.05) is 6.54 Å². The lowest BCUT2D eigenvalue weighted by atomic mass is 9.78. The molecule has 1 amide bonds. The lowest BCUT2D eigenvalue weighted by Gasteiger charge is -2.34. The molecule has 0 fully saturated rings. The Labute approximate surface area is 136 Å². The number of benzene rings is 1. The van der Waals surface area contributed by atoms with E-state index in [-0.39, 0.29) is 6.54 Å². The summed E-state index contributed by atoms with van der Waals surface area (Å²) in [5.74, 6) is -0.589. The van der Waals surface area contributed by atoms with Gasteiger partial charge in [0.05, 0.1) is 6.54 Å². The molecule has 0 radical (unpaired) electrons. The van der Waals surface area contributed by atoms with Crippen molar-refractivity contribution >= 4 is 17.6 Å². The summed E-state index contributed by atoms with van der Waals surface area (Å²) in [6.07, 6.45) is -0.772. The first-order valence-corrected chi connectivity index (χ1v) is 7.24. The Kier molecular flexibility index (Phi) is 6.13. The van der Waals surface area contributed by atoms with Gasteiger partial charge < -0.3 is 15.2 Å². The van der Waals surface area contributed by atoms with Gasteiger partial charge in [-0.25, -0.2) is 9.59 Å². The number of esters is 1. The molecule has 1 atom stereocenters. The lowest BCUT2D eigenvalue weighted by molar-refractivity contribution is -0.146. The van der Waals surface area contributed by atoms with Crippen LogP contribution in [-0.4, -0.2) is 29.8 Å². The monoisotopic (exact) mass is 317 g/mol. The van der Waals surface area contributed by atoms with Gasteiger partial charge in [0, 0.05) is 11.5 Å². The van der Waals surface area contributed by atoms with Gasteiger partial charge in [0.15, 0.2) is 0 Å². The van der Waals surface area contributed by atoms with E-state index in [4.69, 9.17) is 9.84 Å². The summed E-state index contributed by atoms with van der Waals surface area (Å²) in [5.41, 5.74) is 2.32. The summed E-state index contributed by atoms with van der Waals surface area (Å²) >= 11 is 0. The topological polar surface area (TPSA) is 75.6 Å². The molecule has 23 heavy (non-hydrogen) atoms. The second-order valence-electron chi connectivity index (χ2n) is 5.90. The number of carbonyl (C=O) groups is 2. The Balaban J connectivity index is 3.08. The van der Waals surface area contributed by atoms with E-state index < -0.39 is 23.6 Å². The van der Waals surface area contributed by atoms with Crippen molar-refractivity contribution in [2.45, 2.75) is 32.3 Å². The van der Waals surface area contributed by atoms with Gasteiger partial charge in [-0.2, -0.15) is 0 Å². The molecule has 2 N–H and O–H groups in total. The minimum atomic E-state index is -1.17. The van der Waals surface area contributed by atoms with Gasteiger partial charge in [-0.3, -0.25) is 0 Å². The number of rotatable bonds is 7. The quantitative estimate of drug-likeness (QED) is 0.597. The van der Waals surface area contributed by atoms with Crippen molar-refractivity contribution in [2.24, 2.45) is 0 Å². The Morgan fingerprint density at radius 2 is 1.91 bits per heavy atom. The highest BCUT2D eigenvalue weighted by Gasteiger charge is 2.34. The normalized spacial score (nSPS) is 12.1. The molecule has 124 valence electrons. The third kappa shape index (κ3) is 4.98. The van der Waals surface area contributed by atoms with Crippen molar-refractivity contribution in [3.8, 4) is 0 Å². The Hall–Kier alpha value is -2.56. The largest absolute Gasteiger partial charge is 0.465 e. The van der Waals surface area contributed by atoms with Crippen LogP contribution in [0.5, 0.6) is 0 Å². The maximum absolute atomic E-state index is 11.6. The Morgan fingerprint density at radius 1 is 1.35 bits per heavy atom. The number of hydrogen-bond acceptors (Lipinski definition) is 3. The minimum Gasteiger partial charge on any atom is -0.465 e. The van der Waals surface area contributed by atoms with Crippen molar-refractivity contribution in [1.82, 2.24) is 5.32 Å². The number of allylic oxidation sites excluding steroid dienone is 1. The molecule has 1 aromatic rings. The predicted octanol–water partition coefficient (Wildman–Crippen LogP) is 3.36. The van der Waals surface area contributed by atoms with E-state index in [1.165, 1.54) is 0 Å². The average Bonchev–Trinajstić information content (AvgIpc) is 2.50. The fraction of sp³-hybridized carbons (Fsp3) is 0.333. The lowest BCUT2D eigenvalue weighted by Crippen LogP contribution is -2.45. The Morgan fingerprint density at radius 3 is 2.35 bits per heavy atom. The van der Waals surface area contributed by atoms with Crippen LogP contribution in [0.2, 0.25) is 0 Å². The molecule has 0 bridgehead atoms. The molecule has 1 unspecified atom stereocenters. The molecular weight excluding hydrogens is 294 g/mol. The third-order valence-corrected chi connectivity index (χ3v) is 3.79. The van der Waals surface area contributed by atoms with Crippen molar-refractivity contribution in [3.05, 3.63) is 54.6 Å². The molecule has 1 aromatic carbocycles. The highest BCUT2D eigenvalue weighted by Crippen LogP contribution is 2.30. The van der Waals surface area contributed by atoms with Crippen LogP contribution in [0, 0.1) is 0 Å². The van der Waals surface area contributed by atoms with Crippen LogP contribution in [-0.2, 0) is 14.9 Å². The van der Waals surface area contributed by atoms with Crippen LogP contribution in [0.25, 0.3) is 5.57 Å². The fourth-order valence-corrected chi connectivity index (χ4v) is 2.18. The molecule has 0 aromatic heterocycles. The van der Waals surface area contributed by atoms with Crippen LogP contribution in [0.1, 0.15) is 31.9 Å². The van der Waals surface area contributed by atoms with Crippen LogP contribution < -0.4 is 5.32 Å². The molecule has 0 aliphatic carbocycles. The van der Waals surface area contributed by atoms with E-state index in [1.807, 2.05) is 45.0 Å². The molecule has 5 heteroatoms. The van der Waals surface area contributed by atoms with E-state index in [0.717, 1.165) is 22.8 Å². The molecule has 0 saturated heterocycles. The summed E-state index contributed by atoms with van der Waals surface area (Å²) in [6, 6.07) is 7.74. The van der Waals surface area contributed by atoms with Crippen molar-refractivity contribution < 1.29 is 19.4 Å². The van der Waals surface area contributed by atoms with E-state index in [9.17, 15) is 9.59 Å². The summed E-state index contributed by atoms with van der Waals surface area (Å²) in [6.45, 7) is 13.0. The maximum Gasteiger partial charge on any atom is 0.404 e. The second-order valence-corrected chi connectivity index (χ2v) is 5.90. The van der Waals surface area contributed by atoms with Gasteiger partial charge in [-0.1, -0.05) is 56.8 Å². The first-order chi connectivity index (χ1) is 10.7. The number of nitrogens with one attached hydrogen (secondary N) is 1. The van der Waals surface area contributed by atoms with E-state index in [1.54, 1.807) is 0 Å². The van der Waals surface area contributed by atoms with Gasteiger partial charge >= 0.3 is 12.1 Å². The summed E-state index contributed by atoms with van der Waals surface area (Å²) in [7, 11) is 0. The van der Waals surface area contributed by atoms with Gasteiger partial charge in [-0.15, -0.1) is 0 Å². The van der Waals surface area contributed by atoms with Gasteiger partial charge in [-0.05, 0) is 18.1 Å². The van der Waals surface area contributed by atoms with Gasteiger partial charge in [0.2, 0.25) is 0 Å². The standard InChI is InChI=1S/C18H23NO4/c1-6-16(20)23-15(11-19-17(21)22)18(4,5)14-9-7-13(8-10-14)12(2)3/h6-10,15,19H,1-2,11H2,3-5H3,(H,21,22). The van der Waals surface area contributed by atoms with E-state index >= 15 is 0 Å². The van der Waals surface area contributed by atoms with E-state index in [2.05, 4.69) is 18.5 Å². The second kappa shape index (κ2) is 7.63. The molecule has 0 saturated carbocycles. The van der Waals surface area contributed by atoms with Gasteiger partial charge in [0.25, 0.3) is 0 Å². The van der Waals surface area contributed by atoms with Crippen LogP contribution in [0.15, 0.2) is 43.5 Å². The molecule has 1 rings (SSSR count). The first-order valence-electron chi connectivity index (χ1n) is 7.24. The highest BCUT2D eigenvalue weighted by atomic mass is 16.5. The Bertz CT molecular complexity index is 602. The van der Waals surface area contributed by atoms with Crippen molar-refractivity contribution in [1.29, 1.82) is 0 Å². The highest BCUT2D eigenvalue weighted by molar-refractivity contribution is 5.81. The zero-order valence-corrected chi connectivity index (χ0v) is 13.8. The van der Waals surface area contributed by atoms with E-state index in [0.29, 0.717) is 0 Å².